The summed E-state index contributed by atoms with van der Waals surface area (Å²) in [6, 6.07) is 0. The van der Waals surface area contributed by atoms with Crippen LogP contribution in [-0.4, -0.2) is 25.5 Å². The van der Waals surface area contributed by atoms with Crippen LogP contribution in [0.3, 0.4) is 0 Å². The number of alkyl halides is 1. The van der Waals surface area contributed by atoms with Crippen LogP contribution < -0.4 is 4.72 Å². The second-order valence-electron chi connectivity index (χ2n) is 2.92. The number of sulfonamides is 1. The monoisotopic (exact) mass is 243 g/mol. The van der Waals surface area contributed by atoms with Gasteiger partial charge in [-0.05, 0) is 13.3 Å². The lowest BCUT2D eigenvalue weighted by Crippen LogP contribution is -2.46. The van der Waals surface area contributed by atoms with Crippen LogP contribution in [0, 0.1) is 0 Å². The van der Waals surface area contributed by atoms with Gasteiger partial charge >= 0.3 is 0 Å². The molecule has 0 bridgehead atoms. The first-order valence-corrected chi connectivity index (χ1v) is 6.39. The topological polar surface area (TPSA) is 46.2 Å². The SMILES string of the molecule is CCC(C)(CBr)NS(C)(=O)=O. The molecule has 0 aromatic heterocycles. The molecule has 0 aromatic rings. The molecule has 1 N–H and O–H groups in total. The van der Waals surface area contributed by atoms with E-state index in [-0.39, 0.29) is 5.54 Å². The van der Waals surface area contributed by atoms with Crippen LogP contribution in [-0.2, 0) is 10.0 Å². The Labute approximate surface area is 76.7 Å². The molecule has 0 amide bonds. The van der Waals surface area contributed by atoms with Gasteiger partial charge in [0.2, 0.25) is 10.0 Å². The van der Waals surface area contributed by atoms with Gasteiger partial charge in [-0.15, -0.1) is 0 Å². The number of halogens is 1. The Balaban J connectivity index is 4.32. The van der Waals surface area contributed by atoms with Crippen molar-refractivity contribution in [1.29, 1.82) is 0 Å². The fraction of sp³-hybridized carbons (Fsp3) is 1.00. The van der Waals surface area contributed by atoms with Crippen molar-refractivity contribution in [3.05, 3.63) is 0 Å². The average molecular weight is 244 g/mol. The highest BCUT2D eigenvalue weighted by Crippen LogP contribution is 2.12. The number of nitrogens with one attached hydrogen (secondary N) is 1. The van der Waals surface area contributed by atoms with Crippen molar-refractivity contribution < 1.29 is 8.42 Å². The second kappa shape index (κ2) is 3.87. The number of hydrogen-bond acceptors (Lipinski definition) is 2. The highest BCUT2D eigenvalue weighted by molar-refractivity contribution is 9.09. The van der Waals surface area contributed by atoms with Gasteiger partial charge in [0.1, 0.15) is 0 Å². The van der Waals surface area contributed by atoms with Gasteiger partial charge in [0, 0.05) is 10.9 Å². The Hall–Kier alpha value is 0.390. The first-order chi connectivity index (χ1) is 4.83. The smallest absolute Gasteiger partial charge is 0.209 e. The van der Waals surface area contributed by atoms with Crippen molar-refractivity contribution in [2.75, 3.05) is 11.6 Å². The molecule has 0 spiro atoms. The first kappa shape index (κ1) is 11.4. The molecule has 11 heavy (non-hydrogen) atoms. The summed E-state index contributed by atoms with van der Waals surface area (Å²) in [6.45, 7) is 3.81. The number of rotatable bonds is 4. The molecule has 0 rings (SSSR count). The van der Waals surface area contributed by atoms with E-state index in [4.69, 9.17) is 0 Å². The second-order valence-corrected chi connectivity index (χ2v) is 5.23. The third-order valence-corrected chi connectivity index (χ3v) is 3.61. The van der Waals surface area contributed by atoms with Crippen molar-refractivity contribution in [2.24, 2.45) is 0 Å². The summed E-state index contributed by atoms with van der Waals surface area (Å²) in [4.78, 5) is 0. The summed E-state index contributed by atoms with van der Waals surface area (Å²) in [7, 11) is -3.09. The van der Waals surface area contributed by atoms with Crippen molar-refractivity contribution in [3.63, 3.8) is 0 Å². The van der Waals surface area contributed by atoms with Gasteiger partial charge in [-0.1, -0.05) is 22.9 Å². The maximum absolute atomic E-state index is 10.8. The fourth-order valence-electron chi connectivity index (χ4n) is 0.642. The van der Waals surface area contributed by atoms with E-state index < -0.39 is 10.0 Å². The van der Waals surface area contributed by atoms with Gasteiger partial charge in [-0.3, -0.25) is 0 Å². The summed E-state index contributed by atoms with van der Waals surface area (Å²) < 4.78 is 24.2. The van der Waals surface area contributed by atoms with Crippen molar-refractivity contribution in [2.45, 2.75) is 25.8 Å². The molecular weight excluding hydrogens is 230 g/mol. The maximum Gasteiger partial charge on any atom is 0.209 e. The summed E-state index contributed by atoms with van der Waals surface area (Å²) in [6.07, 6.45) is 1.94. The molecule has 0 aromatic carbocycles. The zero-order chi connectivity index (χ0) is 9.12. The normalized spacial score (nSPS) is 17.8. The summed E-state index contributed by atoms with van der Waals surface area (Å²) >= 11 is 3.26. The zero-order valence-corrected chi connectivity index (χ0v) is 9.42. The van der Waals surface area contributed by atoms with E-state index >= 15 is 0 Å². The highest BCUT2D eigenvalue weighted by atomic mass is 79.9. The predicted octanol–water partition coefficient (Wildman–Crippen LogP) is 1.10. The molecule has 0 saturated carbocycles. The third-order valence-electron chi connectivity index (χ3n) is 1.51. The van der Waals surface area contributed by atoms with E-state index in [2.05, 4.69) is 20.7 Å². The van der Waals surface area contributed by atoms with Gasteiger partial charge in [-0.25, -0.2) is 13.1 Å². The summed E-state index contributed by atoms with van der Waals surface area (Å²) in [5.74, 6) is 0. The molecule has 0 radical (unpaired) electrons. The standard InChI is InChI=1S/C6H14BrNO2S/c1-4-6(2,5-7)8-11(3,9)10/h8H,4-5H2,1-3H3. The van der Waals surface area contributed by atoms with Gasteiger partial charge in [0.25, 0.3) is 0 Å². The van der Waals surface area contributed by atoms with E-state index in [9.17, 15) is 8.42 Å². The quantitative estimate of drug-likeness (QED) is 0.753. The average Bonchev–Trinajstić information content (AvgIpc) is 1.84. The van der Waals surface area contributed by atoms with Crippen molar-refractivity contribution in [1.82, 2.24) is 4.72 Å². The molecule has 68 valence electrons. The van der Waals surface area contributed by atoms with Gasteiger partial charge < -0.3 is 0 Å². The molecule has 3 nitrogen and oxygen atoms in total. The van der Waals surface area contributed by atoms with Gasteiger partial charge in [0.15, 0.2) is 0 Å². The van der Waals surface area contributed by atoms with Crippen LogP contribution in [0.1, 0.15) is 20.3 Å². The molecule has 1 atom stereocenters. The molecular formula is C6H14BrNO2S. The summed E-state index contributed by atoms with van der Waals surface area (Å²) in [5.41, 5.74) is -0.354. The molecule has 0 fully saturated rings. The minimum absolute atomic E-state index is 0.354. The van der Waals surface area contributed by atoms with Crippen LogP contribution in [0.15, 0.2) is 0 Å². The molecule has 0 heterocycles. The lowest BCUT2D eigenvalue weighted by atomic mass is 10.0. The Morgan fingerprint density at radius 3 is 2.09 bits per heavy atom. The van der Waals surface area contributed by atoms with E-state index in [0.717, 1.165) is 6.42 Å². The largest absolute Gasteiger partial charge is 0.213 e. The van der Waals surface area contributed by atoms with Crippen LogP contribution in [0.5, 0.6) is 0 Å². The minimum atomic E-state index is -3.09. The first-order valence-electron chi connectivity index (χ1n) is 3.38. The van der Waals surface area contributed by atoms with Gasteiger partial charge in [-0.2, -0.15) is 0 Å². The van der Waals surface area contributed by atoms with Crippen LogP contribution in [0.2, 0.25) is 0 Å². The molecule has 0 aliphatic rings. The lowest BCUT2D eigenvalue weighted by Gasteiger charge is -2.25. The molecule has 0 aliphatic heterocycles. The minimum Gasteiger partial charge on any atom is -0.213 e. The van der Waals surface area contributed by atoms with E-state index in [1.54, 1.807) is 0 Å². The molecule has 0 saturated heterocycles. The van der Waals surface area contributed by atoms with Crippen LogP contribution in [0.25, 0.3) is 0 Å². The van der Waals surface area contributed by atoms with E-state index in [1.807, 2.05) is 13.8 Å². The van der Waals surface area contributed by atoms with Crippen molar-refractivity contribution in [3.8, 4) is 0 Å². The Bertz CT molecular complexity index is 209. The molecule has 0 aliphatic carbocycles. The maximum atomic E-state index is 10.8. The van der Waals surface area contributed by atoms with Crippen molar-refractivity contribution >= 4 is 26.0 Å². The van der Waals surface area contributed by atoms with Gasteiger partial charge in [0.05, 0.1) is 6.26 Å². The third kappa shape index (κ3) is 4.76. The van der Waals surface area contributed by atoms with Crippen LogP contribution >= 0.6 is 15.9 Å². The zero-order valence-electron chi connectivity index (χ0n) is 7.02. The molecule has 5 heteroatoms. The molecule has 1 unspecified atom stereocenters. The Morgan fingerprint density at radius 1 is 1.55 bits per heavy atom. The summed E-state index contributed by atoms with van der Waals surface area (Å²) in [5, 5.41) is 0.629. The fourth-order valence-corrected chi connectivity index (χ4v) is 2.48. The predicted molar refractivity (Wildman–Crippen MR) is 50.5 cm³/mol. The Morgan fingerprint density at radius 2 is 2.00 bits per heavy atom. The van der Waals surface area contributed by atoms with E-state index in [1.165, 1.54) is 6.26 Å². The lowest BCUT2D eigenvalue weighted by molar-refractivity contribution is 0.452. The van der Waals surface area contributed by atoms with Crippen LogP contribution in [0.4, 0.5) is 0 Å². The number of hydrogen-bond donors (Lipinski definition) is 1. The van der Waals surface area contributed by atoms with E-state index in [0.29, 0.717) is 5.33 Å². The Kier molecular flexibility index (Phi) is 4.00. The highest BCUT2D eigenvalue weighted by Gasteiger charge is 2.23.